The summed E-state index contributed by atoms with van der Waals surface area (Å²) >= 11 is 5.50. The number of ether oxygens (including phenoxy) is 1. The second-order valence-corrected chi connectivity index (χ2v) is 7.26. The average molecular weight is 419 g/mol. The number of benzene rings is 2. The third-order valence-corrected chi connectivity index (χ3v) is 4.98. The number of hydrogen-bond acceptors (Lipinski definition) is 3. The first-order chi connectivity index (χ1) is 13.6. The molecule has 1 saturated heterocycles. The number of hydrogen-bond donors (Lipinski definition) is 0. The highest BCUT2D eigenvalue weighted by Crippen LogP contribution is 2.38. The predicted octanol–water partition coefficient (Wildman–Crippen LogP) is 5.20. The van der Waals surface area contributed by atoms with Crippen molar-refractivity contribution in [1.29, 1.82) is 0 Å². The van der Waals surface area contributed by atoms with Crippen LogP contribution in [0.4, 0.5) is 30.2 Å². The van der Waals surface area contributed by atoms with Crippen molar-refractivity contribution in [3.05, 3.63) is 59.2 Å². The van der Waals surface area contributed by atoms with Gasteiger partial charge in [0.15, 0.2) is 22.4 Å². The summed E-state index contributed by atoms with van der Waals surface area (Å²) in [5, 5.41) is 0.108. The number of amides is 1. The molecule has 0 aliphatic carbocycles. The van der Waals surface area contributed by atoms with Gasteiger partial charge in [0.05, 0.1) is 6.57 Å². The van der Waals surface area contributed by atoms with Crippen LogP contribution in [0.2, 0.25) is 0 Å². The Bertz CT molecular complexity index is 1050. The summed E-state index contributed by atoms with van der Waals surface area (Å²) in [6.07, 6.45) is 0. The maximum Gasteiger partial charge on any atom is 0.387 e. The van der Waals surface area contributed by atoms with Crippen LogP contribution in [0, 0.1) is 19.3 Å². The number of halogens is 3. The van der Waals surface area contributed by atoms with Gasteiger partial charge in [-0.2, -0.15) is 8.78 Å². The Morgan fingerprint density at radius 3 is 2.38 bits per heavy atom. The van der Waals surface area contributed by atoms with Crippen LogP contribution in [0.5, 0.6) is 5.75 Å². The molecule has 1 fully saturated rings. The minimum atomic E-state index is -3.15. The molecule has 0 spiro atoms. The van der Waals surface area contributed by atoms with E-state index in [9.17, 15) is 18.0 Å². The van der Waals surface area contributed by atoms with E-state index in [0.717, 1.165) is 12.1 Å². The van der Waals surface area contributed by atoms with E-state index in [1.54, 1.807) is 39.0 Å². The normalized spacial score (nSPS) is 15.8. The van der Waals surface area contributed by atoms with E-state index < -0.39 is 23.7 Å². The largest absolute Gasteiger partial charge is 0.432 e. The third kappa shape index (κ3) is 3.51. The first-order valence-electron chi connectivity index (χ1n) is 8.49. The summed E-state index contributed by atoms with van der Waals surface area (Å²) in [6.45, 7) is 9.00. The molecular weight excluding hydrogens is 403 g/mol. The molecule has 150 valence electrons. The van der Waals surface area contributed by atoms with Crippen LogP contribution in [0.15, 0.2) is 36.4 Å². The van der Waals surface area contributed by atoms with E-state index >= 15 is 0 Å². The zero-order chi connectivity index (χ0) is 21.5. The number of anilines is 2. The van der Waals surface area contributed by atoms with Gasteiger partial charge in [-0.3, -0.25) is 9.69 Å². The maximum atomic E-state index is 14.2. The summed E-state index contributed by atoms with van der Waals surface area (Å²) in [7, 11) is 0. The molecular formula is C20H16F3N3O2S. The van der Waals surface area contributed by atoms with E-state index in [4.69, 9.17) is 18.8 Å². The van der Waals surface area contributed by atoms with Gasteiger partial charge < -0.3 is 9.64 Å². The number of carbonyl (C=O) groups excluding carboxylic acids is 1. The lowest BCUT2D eigenvalue weighted by Gasteiger charge is -2.29. The topological polar surface area (TPSA) is 37.1 Å². The number of rotatable bonds is 4. The van der Waals surface area contributed by atoms with Gasteiger partial charge in [-0.15, -0.1) is 0 Å². The summed E-state index contributed by atoms with van der Waals surface area (Å²) < 4.78 is 43.1. The van der Waals surface area contributed by atoms with Crippen molar-refractivity contribution in [3.63, 3.8) is 0 Å². The van der Waals surface area contributed by atoms with E-state index in [1.165, 1.54) is 15.9 Å². The van der Waals surface area contributed by atoms with Crippen LogP contribution in [-0.2, 0) is 4.79 Å². The quantitative estimate of drug-likeness (QED) is 0.504. The lowest BCUT2D eigenvalue weighted by atomic mass is 10.0. The fraction of sp³-hybridized carbons (Fsp3) is 0.250. The van der Waals surface area contributed by atoms with Crippen molar-refractivity contribution >= 4 is 40.3 Å². The molecule has 9 heteroatoms. The van der Waals surface area contributed by atoms with Crippen molar-refractivity contribution in [2.24, 2.45) is 0 Å². The minimum Gasteiger partial charge on any atom is -0.432 e. The van der Waals surface area contributed by atoms with Gasteiger partial charge in [0.1, 0.15) is 5.54 Å². The molecule has 1 aliphatic rings. The molecule has 2 aromatic carbocycles. The standard InChI is InChI=1S/C20H16F3N3O2S/c1-11-9-12(5-7-15(11)24-4)25-17(27)20(2,3)26(19(25)29)13-6-8-16(14(21)10-13)28-18(22)23/h5-10,18H,1-3H3. The van der Waals surface area contributed by atoms with E-state index in [-0.39, 0.29) is 16.7 Å². The second-order valence-electron chi connectivity index (χ2n) is 6.89. The first kappa shape index (κ1) is 20.6. The Labute approximate surface area is 171 Å². The van der Waals surface area contributed by atoms with Gasteiger partial charge in [-0.1, -0.05) is 6.07 Å². The molecule has 29 heavy (non-hydrogen) atoms. The van der Waals surface area contributed by atoms with Crippen LogP contribution < -0.4 is 14.5 Å². The average Bonchev–Trinajstić information content (AvgIpc) is 2.81. The van der Waals surface area contributed by atoms with Crippen molar-refractivity contribution in [2.45, 2.75) is 32.9 Å². The number of alkyl halides is 2. The van der Waals surface area contributed by atoms with Gasteiger partial charge in [0.2, 0.25) is 0 Å². The Hall–Kier alpha value is -3.12. The highest BCUT2D eigenvalue weighted by atomic mass is 32.1. The van der Waals surface area contributed by atoms with Crippen LogP contribution in [0.3, 0.4) is 0 Å². The van der Waals surface area contributed by atoms with Crippen molar-refractivity contribution in [1.82, 2.24) is 0 Å². The van der Waals surface area contributed by atoms with Gasteiger partial charge in [0.25, 0.3) is 5.91 Å². The molecule has 0 unspecified atom stereocenters. The van der Waals surface area contributed by atoms with Gasteiger partial charge >= 0.3 is 6.61 Å². The lowest BCUT2D eigenvalue weighted by Crippen LogP contribution is -2.44. The molecule has 1 heterocycles. The zero-order valence-electron chi connectivity index (χ0n) is 15.7. The molecule has 0 saturated carbocycles. The van der Waals surface area contributed by atoms with Crippen molar-refractivity contribution in [2.75, 3.05) is 9.80 Å². The minimum absolute atomic E-state index is 0.108. The molecule has 0 radical (unpaired) electrons. The fourth-order valence-electron chi connectivity index (χ4n) is 3.18. The molecule has 1 amide bonds. The first-order valence-corrected chi connectivity index (χ1v) is 8.90. The molecule has 0 atom stereocenters. The Kier molecular flexibility index (Phi) is 5.24. The molecule has 5 nitrogen and oxygen atoms in total. The Morgan fingerprint density at radius 1 is 1.17 bits per heavy atom. The monoisotopic (exact) mass is 419 g/mol. The van der Waals surface area contributed by atoms with Crippen molar-refractivity contribution < 1.29 is 22.7 Å². The predicted molar refractivity (Wildman–Crippen MR) is 107 cm³/mol. The smallest absolute Gasteiger partial charge is 0.387 e. The van der Waals surface area contributed by atoms with Gasteiger partial charge in [-0.05, 0) is 62.8 Å². The molecule has 0 bridgehead atoms. The SMILES string of the molecule is [C-]#[N+]c1ccc(N2C(=O)C(C)(C)N(c3ccc(OC(F)F)c(F)c3)C2=S)cc1C. The summed E-state index contributed by atoms with van der Waals surface area (Å²) in [4.78, 5) is 19.3. The van der Waals surface area contributed by atoms with Gasteiger partial charge in [0, 0.05) is 17.4 Å². The fourth-order valence-corrected chi connectivity index (χ4v) is 3.70. The maximum absolute atomic E-state index is 14.2. The molecule has 0 aromatic heterocycles. The van der Waals surface area contributed by atoms with Crippen LogP contribution in [0.25, 0.3) is 4.85 Å². The number of thiocarbonyl (C=S) groups is 1. The molecule has 3 rings (SSSR count). The second kappa shape index (κ2) is 7.37. The third-order valence-electron chi connectivity index (χ3n) is 4.62. The number of carbonyl (C=O) groups is 1. The Morgan fingerprint density at radius 2 is 1.83 bits per heavy atom. The van der Waals surface area contributed by atoms with E-state index in [1.807, 2.05) is 0 Å². The zero-order valence-corrected chi connectivity index (χ0v) is 16.6. The highest BCUT2D eigenvalue weighted by molar-refractivity contribution is 7.81. The number of aryl methyl sites for hydroxylation is 1. The highest BCUT2D eigenvalue weighted by Gasteiger charge is 2.50. The van der Waals surface area contributed by atoms with E-state index in [0.29, 0.717) is 16.9 Å². The van der Waals surface area contributed by atoms with Crippen molar-refractivity contribution in [3.8, 4) is 5.75 Å². The lowest BCUT2D eigenvalue weighted by molar-refractivity contribution is -0.120. The van der Waals surface area contributed by atoms with Crippen LogP contribution in [-0.4, -0.2) is 23.2 Å². The number of nitrogens with zero attached hydrogens (tertiary/aromatic N) is 3. The summed E-state index contributed by atoms with van der Waals surface area (Å²) in [5.41, 5.74) is 0.701. The van der Waals surface area contributed by atoms with E-state index in [2.05, 4.69) is 9.58 Å². The molecule has 0 N–H and O–H groups in total. The summed E-state index contributed by atoms with van der Waals surface area (Å²) in [6, 6.07) is 8.31. The molecule has 1 aliphatic heterocycles. The summed E-state index contributed by atoms with van der Waals surface area (Å²) in [5.74, 6) is -1.93. The van der Waals surface area contributed by atoms with Crippen LogP contribution in [0.1, 0.15) is 19.4 Å². The van der Waals surface area contributed by atoms with Gasteiger partial charge in [-0.25, -0.2) is 9.24 Å². The van der Waals surface area contributed by atoms with Crippen LogP contribution >= 0.6 is 12.2 Å². The molecule has 2 aromatic rings. The Balaban J connectivity index is 2.02.